The number of nitrogens with two attached hydrogens (primary N) is 1. The Hall–Kier alpha value is -1.43. The summed E-state index contributed by atoms with van der Waals surface area (Å²) in [5, 5.41) is 0. The molecule has 0 aliphatic rings. The predicted molar refractivity (Wildman–Crippen MR) is 64.5 cm³/mol. The molecular formula is C12H17F3N2O. The van der Waals surface area contributed by atoms with E-state index in [2.05, 4.69) is 0 Å². The van der Waals surface area contributed by atoms with E-state index in [0.717, 1.165) is 12.6 Å². The number of alkyl halides is 3. The molecule has 3 nitrogen and oxygen atoms in total. The van der Waals surface area contributed by atoms with Gasteiger partial charge in [-0.1, -0.05) is 0 Å². The van der Waals surface area contributed by atoms with E-state index in [1.807, 2.05) is 19.0 Å². The molecule has 0 aromatic heterocycles. The fraction of sp³-hybridized carbons (Fsp3) is 0.500. The van der Waals surface area contributed by atoms with Crippen molar-refractivity contribution in [2.24, 2.45) is 0 Å². The van der Waals surface area contributed by atoms with Crippen LogP contribution in [0.3, 0.4) is 0 Å². The number of nitrogens with zero attached hydrogens (tertiary/aromatic N) is 1. The number of anilines is 1. The van der Waals surface area contributed by atoms with Gasteiger partial charge in [0.1, 0.15) is 5.75 Å². The van der Waals surface area contributed by atoms with E-state index in [1.54, 1.807) is 0 Å². The molecule has 0 saturated carbocycles. The summed E-state index contributed by atoms with van der Waals surface area (Å²) in [6.07, 6.45) is -3.79. The van der Waals surface area contributed by atoms with E-state index in [4.69, 9.17) is 10.5 Å². The Morgan fingerprint density at radius 2 is 1.94 bits per heavy atom. The van der Waals surface area contributed by atoms with Gasteiger partial charge in [0.2, 0.25) is 0 Å². The molecule has 0 aliphatic carbocycles. The second-order valence-electron chi connectivity index (χ2n) is 4.26. The molecule has 2 N–H and O–H groups in total. The molecule has 1 rings (SSSR count). The third-order valence-electron chi connectivity index (χ3n) is 2.32. The highest BCUT2D eigenvalue weighted by molar-refractivity contribution is 5.49. The van der Waals surface area contributed by atoms with Gasteiger partial charge in [-0.05, 0) is 38.7 Å². The summed E-state index contributed by atoms with van der Waals surface area (Å²) < 4.78 is 43.3. The lowest BCUT2D eigenvalue weighted by Crippen LogP contribution is -2.16. The van der Waals surface area contributed by atoms with Crippen LogP contribution in [0.4, 0.5) is 18.9 Å². The number of halogens is 3. The number of ether oxygens (including phenoxy) is 1. The number of benzene rings is 1. The molecule has 0 unspecified atom stereocenters. The fourth-order valence-corrected chi connectivity index (χ4v) is 1.46. The van der Waals surface area contributed by atoms with Crippen molar-refractivity contribution in [1.29, 1.82) is 0 Å². The average molecular weight is 262 g/mol. The molecule has 0 atom stereocenters. The molecule has 6 heteroatoms. The first-order chi connectivity index (χ1) is 8.30. The Morgan fingerprint density at radius 3 is 2.50 bits per heavy atom. The fourth-order valence-electron chi connectivity index (χ4n) is 1.46. The zero-order valence-electron chi connectivity index (χ0n) is 10.4. The van der Waals surface area contributed by atoms with Crippen LogP contribution in [-0.2, 0) is 6.18 Å². The maximum absolute atomic E-state index is 12.7. The predicted octanol–water partition coefficient (Wildman–Crippen LogP) is 2.62. The van der Waals surface area contributed by atoms with Gasteiger partial charge in [0.15, 0.2) is 0 Å². The molecule has 0 bridgehead atoms. The normalized spacial score (nSPS) is 11.9. The number of hydrogen-bond acceptors (Lipinski definition) is 3. The molecule has 1 aromatic carbocycles. The number of nitrogen functional groups attached to an aromatic ring is 1. The van der Waals surface area contributed by atoms with Gasteiger partial charge >= 0.3 is 6.18 Å². The van der Waals surface area contributed by atoms with Gasteiger partial charge in [-0.25, -0.2) is 0 Å². The highest BCUT2D eigenvalue weighted by Crippen LogP contribution is 2.37. The van der Waals surface area contributed by atoms with Crippen molar-refractivity contribution in [1.82, 2.24) is 4.90 Å². The molecule has 0 amide bonds. The van der Waals surface area contributed by atoms with Crippen LogP contribution in [-0.4, -0.2) is 32.1 Å². The monoisotopic (exact) mass is 262 g/mol. The highest BCUT2D eigenvalue weighted by atomic mass is 19.4. The van der Waals surface area contributed by atoms with Crippen molar-refractivity contribution >= 4 is 5.69 Å². The standard InChI is InChI=1S/C12H17F3N2O/c1-17(2)6-3-7-18-11-5-4-9(16)8-10(11)12(13,14)15/h4-5,8H,3,6-7,16H2,1-2H3. The average Bonchev–Trinajstić information content (AvgIpc) is 2.24. The molecular weight excluding hydrogens is 245 g/mol. The van der Waals surface area contributed by atoms with Crippen LogP contribution < -0.4 is 10.5 Å². The second-order valence-corrected chi connectivity index (χ2v) is 4.26. The summed E-state index contributed by atoms with van der Waals surface area (Å²) in [6.45, 7) is 1.00. The number of rotatable bonds is 5. The molecule has 0 aliphatic heterocycles. The molecule has 0 radical (unpaired) electrons. The third kappa shape index (κ3) is 4.44. The maximum Gasteiger partial charge on any atom is 0.420 e. The van der Waals surface area contributed by atoms with Crippen molar-refractivity contribution in [2.75, 3.05) is 33.0 Å². The van der Waals surface area contributed by atoms with Crippen molar-refractivity contribution < 1.29 is 17.9 Å². The van der Waals surface area contributed by atoms with E-state index >= 15 is 0 Å². The number of hydrogen-bond donors (Lipinski definition) is 1. The Kier molecular flexibility index (Phi) is 4.84. The van der Waals surface area contributed by atoms with Crippen LogP contribution in [0.25, 0.3) is 0 Å². The first kappa shape index (κ1) is 14.6. The van der Waals surface area contributed by atoms with Crippen LogP contribution in [0.15, 0.2) is 18.2 Å². The first-order valence-corrected chi connectivity index (χ1v) is 5.55. The summed E-state index contributed by atoms with van der Waals surface area (Å²) in [6, 6.07) is 3.55. The summed E-state index contributed by atoms with van der Waals surface area (Å²) in [4.78, 5) is 1.94. The van der Waals surface area contributed by atoms with Gasteiger partial charge < -0.3 is 15.4 Å². The molecule has 0 saturated heterocycles. The van der Waals surface area contributed by atoms with E-state index in [0.29, 0.717) is 6.42 Å². The first-order valence-electron chi connectivity index (χ1n) is 5.55. The summed E-state index contributed by atoms with van der Waals surface area (Å²) in [7, 11) is 3.79. The lowest BCUT2D eigenvalue weighted by molar-refractivity contribution is -0.138. The van der Waals surface area contributed by atoms with Gasteiger partial charge in [0.05, 0.1) is 12.2 Å². The van der Waals surface area contributed by atoms with Crippen molar-refractivity contribution in [3.63, 3.8) is 0 Å². The van der Waals surface area contributed by atoms with Gasteiger partial charge in [-0.2, -0.15) is 13.2 Å². The van der Waals surface area contributed by atoms with Crippen LogP contribution in [0, 0.1) is 0 Å². The lowest BCUT2D eigenvalue weighted by Gasteiger charge is -2.15. The minimum Gasteiger partial charge on any atom is -0.493 e. The van der Waals surface area contributed by atoms with Crippen molar-refractivity contribution in [3.8, 4) is 5.75 Å². The van der Waals surface area contributed by atoms with Crippen LogP contribution in [0.2, 0.25) is 0 Å². The second kappa shape index (κ2) is 5.95. The Balaban J connectivity index is 2.70. The molecule has 0 spiro atoms. The van der Waals surface area contributed by atoms with Crippen molar-refractivity contribution in [3.05, 3.63) is 23.8 Å². The summed E-state index contributed by atoms with van der Waals surface area (Å²) >= 11 is 0. The molecule has 1 aromatic rings. The third-order valence-corrected chi connectivity index (χ3v) is 2.32. The zero-order chi connectivity index (χ0) is 13.8. The van der Waals surface area contributed by atoms with E-state index in [9.17, 15) is 13.2 Å². The van der Waals surface area contributed by atoms with Crippen LogP contribution in [0.5, 0.6) is 5.75 Å². The molecule has 18 heavy (non-hydrogen) atoms. The summed E-state index contributed by atoms with van der Waals surface area (Å²) in [5.41, 5.74) is 4.60. The SMILES string of the molecule is CN(C)CCCOc1ccc(N)cc1C(F)(F)F. The topological polar surface area (TPSA) is 38.5 Å². The Bertz CT molecular complexity index is 391. The van der Waals surface area contributed by atoms with E-state index < -0.39 is 11.7 Å². The van der Waals surface area contributed by atoms with Crippen molar-refractivity contribution in [2.45, 2.75) is 12.6 Å². The van der Waals surface area contributed by atoms with E-state index in [1.165, 1.54) is 12.1 Å². The maximum atomic E-state index is 12.7. The highest BCUT2D eigenvalue weighted by Gasteiger charge is 2.34. The minimum absolute atomic E-state index is 0.0722. The lowest BCUT2D eigenvalue weighted by atomic mass is 10.1. The Morgan fingerprint density at radius 1 is 1.28 bits per heavy atom. The smallest absolute Gasteiger partial charge is 0.420 e. The largest absolute Gasteiger partial charge is 0.493 e. The zero-order valence-corrected chi connectivity index (χ0v) is 10.4. The van der Waals surface area contributed by atoms with Crippen LogP contribution >= 0.6 is 0 Å². The van der Waals surface area contributed by atoms with Gasteiger partial charge in [0, 0.05) is 12.2 Å². The summed E-state index contributed by atoms with van der Waals surface area (Å²) in [5.74, 6) is -0.171. The van der Waals surface area contributed by atoms with Gasteiger partial charge in [-0.15, -0.1) is 0 Å². The molecule has 102 valence electrons. The van der Waals surface area contributed by atoms with Gasteiger partial charge in [-0.3, -0.25) is 0 Å². The molecule has 0 heterocycles. The quantitative estimate of drug-likeness (QED) is 0.655. The Labute approximate surface area is 104 Å². The molecule has 0 fully saturated rings. The van der Waals surface area contributed by atoms with Crippen LogP contribution in [0.1, 0.15) is 12.0 Å². The van der Waals surface area contributed by atoms with Gasteiger partial charge in [0.25, 0.3) is 0 Å². The van der Waals surface area contributed by atoms with E-state index in [-0.39, 0.29) is 18.0 Å². The minimum atomic E-state index is -4.45.